The van der Waals surface area contributed by atoms with Crippen LogP contribution in [0.3, 0.4) is 0 Å². The molecule has 4 nitrogen and oxygen atoms in total. The Morgan fingerprint density at radius 2 is 2.00 bits per heavy atom. The van der Waals surface area contributed by atoms with Crippen molar-refractivity contribution < 1.29 is 14.3 Å². The largest absolute Gasteiger partial charge is 0.445 e. The number of anilines is 1. The Balaban J connectivity index is 1.89. The molecule has 1 aliphatic heterocycles. The summed E-state index contributed by atoms with van der Waals surface area (Å²) in [5, 5.41) is 2.88. The van der Waals surface area contributed by atoms with Crippen molar-refractivity contribution in [3.05, 3.63) is 64.7 Å². The molecule has 0 saturated carbocycles. The first kappa shape index (κ1) is 16.2. The molecule has 1 amide bonds. The van der Waals surface area contributed by atoms with Crippen LogP contribution in [0.25, 0.3) is 0 Å². The number of carbonyl (C=O) groups excluding carboxylic acids is 2. The SMILES string of the molecule is CCc1ccc2c(c1)CC(C)(C(=O)Nc1ccccc1C)OC2=O. The minimum atomic E-state index is -1.21. The fraction of sp³-hybridized carbons (Fsp3) is 0.300. The second-order valence-corrected chi connectivity index (χ2v) is 6.41. The van der Waals surface area contributed by atoms with Crippen molar-refractivity contribution in [1.82, 2.24) is 0 Å². The molecular formula is C20H21NO3. The Morgan fingerprint density at radius 3 is 2.71 bits per heavy atom. The summed E-state index contributed by atoms with van der Waals surface area (Å²) in [6, 6.07) is 13.2. The lowest BCUT2D eigenvalue weighted by Gasteiger charge is -2.33. The van der Waals surface area contributed by atoms with E-state index in [1.54, 1.807) is 13.0 Å². The van der Waals surface area contributed by atoms with Gasteiger partial charge in [-0.15, -0.1) is 0 Å². The van der Waals surface area contributed by atoms with Gasteiger partial charge in [-0.25, -0.2) is 4.79 Å². The first-order chi connectivity index (χ1) is 11.4. The first-order valence-corrected chi connectivity index (χ1v) is 8.15. The molecule has 3 rings (SSSR count). The molecule has 1 N–H and O–H groups in total. The summed E-state index contributed by atoms with van der Waals surface area (Å²) in [7, 11) is 0. The number of cyclic esters (lactones) is 1. The molecule has 1 unspecified atom stereocenters. The number of ether oxygens (including phenoxy) is 1. The molecule has 2 aromatic carbocycles. The van der Waals surface area contributed by atoms with Crippen LogP contribution in [-0.2, 0) is 22.4 Å². The summed E-state index contributed by atoms with van der Waals surface area (Å²) in [4.78, 5) is 25.1. The molecule has 0 fully saturated rings. The lowest BCUT2D eigenvalue weighted by atomic mass is 9.88. The van der Waals surface area contributed by atoms with Gasteiger partial charge in [0.2, 0.25) is 0 Å². The molecule has 24 heavy (non-hydrogen) atoms. The van der Waals surface area contributed by atoms with Gasteiger partial charge in [0, 0.05) is 12.1 Å². The summed E-state index contributed by atoms with van der Waals surface area (Å²) in [6.07, 6.45) is 1.26. The quantitative estimate of drug-likeness (QED) is 0.877. The molecule has 0 spiro atoms. The highest BCUT2D eigenvalue weighted by atomic mass is 16.6. The van der Waals surface area contributed by atoms with E-state index >= 15 is 0 Å². The third-order valence-electron chi connectivity index (χ3n) is 4.52. The highest BCUT2D eigenvalue weighted by Gasteiger charge is 2.42. The maximum atomic E-state index is 12.8. The van der Waals surface area contributed by atoms with Crippen LogP contribution < -0.4 is 5.32 Å². The summed E-state index contributed by atoms with van der Waals surface area (Å²) in [5.74, 6) is -0.751. The monoisotopic (exact) mass is 323 g/mol. The minimum Gasteiger partial charge on any atom is -0.445 e. The van der Waals surface area contributed by atoms with E-state index in [9.17, 15) is 9.59 Å². The second kappa shape index (κ2) is 6.11. The molecule has 1 heterocycles. The summed E-state index contributed by atoms with van der Waals surface area (Å²) in [6.45, 7) is 5.65. The highest BCUT2D eigenvalue weighted by molar-refractivity contribution is 6.02. The number of amides is 1. The number of aryl methyl sites for hydroxylation is 2. The maximum Gasteiger partial charge on any atom is 0.339 e. The molecule has 1 atom stereocenters. The van der Waals surface area contributed by atoms with Crippen LogP contribution in [0.1, 0.15) is 40.9 Å². The smallest absolute Gasteiger partial charge is 0.339 e. The Bertz CT molecular complexity index is 812. The van der Waals surface area contributed by atoms with Gasteiger partial charge in [0.25, 0.3) is 5.91 Å². The van der Waals surface area contributed by atoms with Gasteiger partial charge in [-0.3, -0.25) is 4.79 Å². The van der Waals surface area contributed by atoms with Crippen LogP contribution in [0.15, 0.2) is 42.5 Å². The lowest BCUT2D eigenvalue weighted by molar-refractivity contribution is -0.134. The number of hydrogen-bond donors (Lipinski definition) is 1. The molecule has 0 radical (unpaired) electrons. The minimum absolute atomic E-state index is 0.308. The molecule has 0 saturated heterocycles. The standard InChI is InChI=1S/C20H21NO3/c1-4-14-9-10-16-15(11-14)12-20(3,24-18(16)22)19(23)21-17-8-6-5-7-13(17)2/h5-11H,4,12H2,1-3H3,(H,21,23). The Labute approximate surface area is 141 Å². The molecule has 0 bridgehead atoms. The van der Waals surface area contributed by atoms with E-state index in [0.717, 1.165) is 28.8 Å². The van der Waals surface area contributed by atoms with Crippen LogP contribution in [0.5, 0.6) is 0 Å². The van der Waals surface area contributed by atoms with Crippen molar-refractivity contribution in [3.8, 4) is 0 Å². The number of benzene rings is 2. The molecule has 2 aromatic rings. The van der Waals surface area contributed by atoms with Gasteiger partial charge in [-0.1, -0.05) is 37.3 Å². The van der Waals surface area contributed by atoms with Gasteiger partial charge in [0.1, 0.15) is 0 Å². The number of rotatable bonds is 3. The molecule has 4 heteroatoms. The van der Waals surface area contributed by atoms with Crippen molar-refractivity contribution in [2.24, 2.45) is 0 Å². The van der Waals surface area contributed by atoms with Gasteiger partial charge in [0.05, 0.1) is 5.56 Å². The van der Waals surface area contributed by atoms with E-state index in [1.165, 1.54) is 0 Å². The summed E-state index contributed by atoms with van der Waals surface area (Å²) in [5.41, 5.74) is 3.04. The second-order valence-electron chi connectivity index (χ2n) is 6.41. The van der Waals surface area contributed by atoms with E-state index in [0.29, 0.717) is 12.0 Å². The van der Waals surface area contributed by atoms with Gasteiger partial charge in [-0.05, 0) is 49.1 Å². The van der Waals surface area contributed by atoms with Crippen LogP contribution in [-0.4, -0.2) is 17.5 Å². The number of hydrogen-bond acceptors (Lipinski definition) is 3. The average Bonchev–Trinajstić information content (AvgIpc) is 2.56. The fourth-order valence-corrected chi connectivity index (χ4v) is 2.97. The highest BCUT2D eigenvalue weighted by Crippen LogP contribution is 2.30. The number of nitrogens with one attached hydrogen (secondary N) is 1. The zero-order valence-corrected chi connectivity index (χ0v) is 14.2. The topological polar surface area (TPSA) is 55.4 Å². The van der Waals surface area contributed by atoms with Gasteiger partial charge in [-0.2, -0.15) is 0 Å². The van der Waals surface area contributed by atoms with Crippen molar-refractivity contribution in [3.63, 3.8) is 0 Å². The Hall–Kier alpha value is -2.62. The number of fused-ring (bicyclic) bond motifs is 1. The molecular weight excluding hydrogens is 302 g/mol. The third-order valence-corrected chi connectivity index (χ3v) is 4.52. The van der Waals surface area contributed by atoms with Gasteiger partial charge < -0.3 is 10.1 Å². The number of esters is 1. The predicted octanol–water partition coefficient (Wildman–Crippen LogP) is 3.67. The van der Waals surface area contributed by atoms with Crippen molar-refractivity contribution in [1.29, 1.82) is 0 Å². The number of carbonyl (C=O) groups is 2. The first-order valence-electron chi connectivity index (χ1n) is 8.15. The zero-order chi connectivity index (χ0) is 17.3. The van der Waals surface area contributed by atoms with E-state index in [-0.39, 0.29) is 5.91 Å². The van der Waals surface area contributed by atoms with Gasteiger partial charge >= 0.3 is 5.97 Å². The number of para-hydroxylation sites is 1. The van der Waals surface area contributed by atoms with E-state index in [1.807, 2.05) is 43.3 Å². The van der Waals surface area contributed by atoms with Gasteiger partial charge in [0.15, 0.2) is 5.60 Å². The van der Waals surface area contributed by atoms with E-state index < -0.39 is 11.6 Å². The third kappa shape index (κ3) is 2.92. The van der Waals surface area contributed by atoms with E-state index in [4.69, 9.17) is 4.74 Å². The lowest BCUT2D eigenvalue weighted by Crippen LogP contribution is -2.49. The molecule has 0 aliphatic carbocycles. The van der Waals surface area contributed by atoms with Crippen LogP contribution in [0.2, 0.25) is 0 Å². The van der Waals surface area contributed by atoms with Crippen molar-refractivity contribution in [2.45, 2.75) is 39.2 Å². The normalized spacial score (nSPS) is 19.4. The Kier molecular flexibility index (Phi) is 4.14. The van der Waals surface area contributed by atoms with Crippen LogP contribution in [0.4, 0.5) is 5.69 Å². The fourth-order valence-electron chi connectivity index (χ4n) is 2.97. The predicted molar refractivity (Wildman–Crippen MR) is 93.2 cm³/mol. The zero-order valence-electron chi connectivity index (χ0n) is 14.2. The molecule has 1 aliphatic rings. The van der Waals surface area contributed by atoms with Crippen LogP contribution >= 0.6 is 0 Å². The summed E-state index contributed by atoms with van der Waals surface area (Å²) < 4.78 is 5.50. The van der Waals surface area contributed by atoms with Crippen LogP contribution in [0, 0.1) is 6.92 Å². The van der Waals surface area contributed by atoms with Crippen molar-refractivity contribution in [2.75, 3.05) is 5.32 Å². The maximum absolute atomic E-state index is 12.8. The molecule has 124 valence electrons. The van der Waals surface area contributed by atoms with Crippen molar-refractivity contribution >= 4 is 17.6 Å². The molecule has 0 aromatic heterocycles. The van der Waals surface area contributed by atoms with E-state index in [2.05, 4.69) is 12.2 Å². The Morgan fingerprint density at radius 1 is 1.25 bits per heavy atom. The summed E-state index contributed by atoms with van der Waals surface area (Å²) >= 11 is 0. The average molecular weight is 323 g/mol.